The Balaban J connectivity index is 0. The van der Waals surface area contributed by atoms with Crippen LogP contribution in [0.5, 0.6) is 0 Å². The van der Waals surface area contributed by atoms with Gasteiger partial charge in [-0.25, -0.2) is 9.37 Å². The maximum atomic E-state index is 14.0. The second-order valence-corrected chi connectivity index (χ2v) is 10.1. The number of rotatable bonds is 8. The van der Waals surface area contributed by atoms with Crippen LogP contribution in [0.15, 0.2) is 44.1 Å². The summed E-state index contributed by atoms with van der Waals surface area (Å²) >= 11 is 0. The minimum atomic E-state index is -0.0549. The van der Waals surface area contributed by atoms with Crippen molar-refractivity contribution in [1.29, 1.82) is 0 Å². The standard InChI is InChI=1S/C19H31FN2.C9H12N2.C3H8.C2H6.C2H4/c1-4-10-22(11-5-2)18-8-12-21(13-9-18)15-17-7-6-16(3)14-19(17)20;1-6(2)9-5-10-7(3)8(4)11-9;1-3-2;2*1-2/h6-7,14,18H,4-5,8-13,15H2,1-3H3;5H,1H2,2-4H3;3H2,1-2H3;1-2H3;1-2H2. The van der Waals surface area contributed by atoms with E-state index >= 15 is 0 Å². The van der Waals surface area contributed by atoms with Crippen LogP contribution in [0.25, 0.3) is 5.57 Å². The van der Waals surface area contributed by atoms with Crippen LogP contribution in [0.1, 0.15) is 109 Å². The molecule has 1 fully saturated rings. The predicted octanol–water partition coefficient (Wildman–Crippen LogP) is 9.59. The van der Waals surface area contributed by atoms with Crippen molar-refractivity contribution in [1.82, 2.24) is 19.8 Å². The van der Waals surface area contributed by atoms with Crippen molar-refractivity contribution in [3.8, 4) is 0 Å². The van der Waals surface area contributed by atoms with Crippen LogP contribution in [0.4, 0.5) is 4.39 Å². The minimum Gasteiger partial charge on any atom is -0.300 e. The van der Waals surface area contributed by atoms with Crippen LogP contribution in [0.3, 0.4) is 0 Å². The highest BCUT2D eigenvalue weighted by atomic mass is 19.1. The molecule has 1 aliphatic rings. The summed E-state index contributed by atoms with van der Waals surface area (Å²) in [5.41, 5.74) is 5.63. The van der Waals surface area contributed by atoms with Gasteiger partial charge in [-0.1, -0.05) is 66.7 Å². The lowest BCUT2D eigenvalue weighted by molar-refractivity contribution is 0.104. The molecule has 4 nitrogen and oxygen atoms in total. The van der Waals surface area contributed by atoms with Crippen LogP contribution in [0.2, 0.25) is 0 Å². The van der Waals surface area contributed by atoms with Gasteiger partial charge in [0.05, 0.1) is 23.3 Å². The summed E-state index contributed by atoms with van der Waals surface area (Å²) in [6.07, 6.45) is 7.90. The van der Waals surface area contributed by atoms with E-state index in [0.29, 0.717) is 0 Å². The molecule has 0 radical (unpaired) electrons. The van der Waals surface area contributed by atoms with Gasteiger partial charge in [0.2, 0.25) is 0 Å². The average Bonchev–Trinajstić information content (AvgIpc) is 2.95. The lowest BCUT2D eigenvalue weighted by atomic mass is 10.0. The molecule has 5 heteroatoms. The zero-order valence-corrected chi connectivity index (χ0v) is 27.7. The highest BCUT2D eigenvalue weighted by molar-refractivity contribution is 5.56. The number of benzene rings is 1. The number of piperidine rings is 1. The van der Waals surface area contributed by atoms with Crippen molar-refractivity contribution in [2.45, 2.75) is 114 Å². The highest BCUT2D eigenvalue weighted by Crippen LogP contribution is 2.20. The lowest BCUT2D eigenvalue weighted by Crippen LogP contribution is -2.45. The Kier molecular flexibility index (Phi) is 24.3. The van der Waals surface area contributed by atoms with Crippen molar-refractivity contribution in [3.05, 3.63) is 78.2 Å². The zero-order chi connectivity index (χ0) is 31.1. The van der Waals surface area contributed by atoms with Crippen LogP contribution >= 0.6 is 0 Å². The molecule has 0 N–H and O–H groups in total. The lowest BCUT2D eigenvalue weighted by Gasteiger charge is -2.38. The summed E-state index contributed by atoms with van der Waals surface area (Å²) in [6.45, 7) is 35.7. The normalized spacial score (nSPS) is 12.9. The van der Waals surface area contributed by atoms with Gasteiger partial charge < -0.3 is 4.90 Å². The summed E-state index contributed by atoms with van der Waals surface area (Å²) in [7, 11) is 0. The third-order valence-corrected chi connectivity index (χ3v) is 6.33. The Morgan fingerprint density at radius 1 is 0.975 bits per heavy atom. The quantitative estimate of drug-likeness (QED) is 0.303. The molecule has 3 rings (SSSR count). The first-order valence-corrected chi connectivity index (χ1v) is 15.3. The third kappa shape index (κ3) is 16.0. The molecule has 1 aromatic carbocycles. The van der Waals surface area contributed by atoms with E-state index in [9.17, 15) is 4.39 Å². The Bertz CT molecular complexity index is 914. The van der Waals surface area contributed by atoms with Gasteiger partial charge in [0.15, 0.2) is 0 Å². The summed E-state index contributed by atoms with van der Waals surface area (Å²) in [4.78, 5) is 13.5. The Labute approximate surface area is 247 Å². The van der Waals surface area contributed by atoms with E-state index in [1.807, 2.05) is 53.7 Å². The van der Waals surface area contributed by atoms with E-state index in [-0.39, 0.29) is 5.82 Å². The van der Waals surface area contributed by atoms with Crippen molar-refractivity contribution >= 4 is 5.57 Å². The second-order valence-electron chi connectivity index (χ2n) is 10.1. The number of hydrogen-bond donors (Lipinski definition) is 0. The van der Waals surface area contributed by atoms with Gasteiger partial charge in [0.1, 0.15) is 5.82 Å². The molecule has 2 aromatic rings. The fourth-order valence-electron chi connectivity index (χ4n) is 4.26. The molecular weight excluding hydrogens is 495 g/mol. The summed E-state index contributed by atoms with van der Waals surface area (Å²) in [5.74, 6) is -0.0549. The molecule has 0 saturated carbocycles. The van der Waals surface area contributed by atoms with Crippen LogP contribution in [-0.2, 0) is 6.54 Å². The fraction of sp³-hybridized carbons (Fsp3) is 0.600. The molecule has 1 saturated heterocycles. The molecular formula is C35H61FN4. The van der Waals surface area contributed by atoms with Crippen LogP contribution in [-0.4, -0.2) is 52.0 Å². The number of aromatic nitrogens is 2. The minimum absolute atomic E-state index is 0.0549. The molecule has 0 bridgehead atoms. The van der Waals surface area contributed by atoms with E-state index < -0.39 is 0 Å². The van der Waals surface area contributed by atoms with Gasteiger partial charge in [-0.15, -0.1) is 13.2 Å². The molecule has 0 unspecified atom stereocenters. The predicted molar refractivity (Wildman–Crippen MR) is 176 cm³/mol. The highest BCUT2D eigenvalue weighted by Gasteiger charge is 2.24. The molecule has 0 aliphatic carbocycles. The van der Waals surface area contributed by atoms with Gasteiger partial charge in [0.25, 0.3) is 0 Å². The van der Waals surface area contributed by atoms with Crippen molar-refractivity contribution in [2.75, 3.05) is 26.2 Å². The molecule has 40 heavy (non-hydrogen) atoms. The number of likely N-dealkylation sites (tertiary alicyclic amines) is 1. The maximum absolute atomic E-state index is 14.0. The molecule has 228 valence electrons. The van der Waals surface area contributed by atoms with Gasteiger partial charge >= 0.3 is 0 Å². The molecule has 1 aromatic heterocycles. The first-order valence-electron chi connectivity index (χ1n) is 15.3. The van der Waals surface area contributed by atoms with Gasteiger partial charge in [-0.05, 0) is 96.8 Å². The largest absolute Gasteiger partial charge is 0.300 e. The molecule has 2 heterocycles. The molecule has 0 spiro atoms. The topological polar surface area (TPSA) is 32.3 Å². The van der Waals surface area contributed by atoms with Crippen molar-refractivity contribution in [2.24, 2.45) is 0 Å². The van der Waals surface area contributed by atoms with Crippen molar-refractivity contribution in [3.63, 3.8) is 0 Å². The first kappa shape index (κ1) is 39.8. The number of nitrogens with zero attached hydrogens (tertiary/aromatic N) is 4. The van der Waals surface area contributed by atoms with Gasteiger partial charge in [-0.3, -0.25) is 9.88 Å². The number of halogens is 1. The summed E-state index contributed by atoms with van der Waals surface area (Å²) < 4.78 is 14.0. The van der Waals surface area contributed by atoms with E-state index in [4.69, 9.17) is 0 Å². The zero-order valence-electron chi connectivity index (χ0n) is 27.7. The Hall–Kier alpha value is -2.37. The average molecular weight is 557 g/mol. The second kappa shape index (κ2) is 24.4. The monoisotopic (exact) mass is 556 g/mol. The summed E-state index contributed by atoms with van der Waals surface area (Å²) in [6, 6.07) is 6.32. The smallest absolute Gasteiger partial charge is 0.127 e. The van der Waals surface area contributed by atoms with E-state index in [2.05, 4.69) is 67.2 Å². The van der Waals surface area contributed by atoms with Gasteiger partial charge in [-0.2, -0.15) is 0 Å². The molecule has 1 aliphatic heterocycles. The third-order valence-electron chi connectivity index (χ3n) is 6.33. The van der Waals surface area contributed by atoms with Crippen LogP contribution in [0, 0.1) is 26.6 Å². The molecule has 0 amide bonds. The fourth-order valence-corrected chi connectivity index (χ4v) is 4.26. The van der Waals surface area contributed by atoms with E-state index in [0.717, 1.165) is 59.5 Å². The SMILES string of the molecule is C=C.C=C(C)c1cnc(C)c(C)n1.CC.CCC.CCCN(CCC)C1CCN(Cc2ccc(C)cc2F)CC1. The first-order chi connectivity index (χ1) is 19.2. The van der Waals surface area contributed by atoms with Crippen molar-refractivity contribution < 1.29 is 4.39 Å². The molecule has 0 atom stereocenters. The van der Waals surface area contributed by atoms with Crippen LogP contribution < -0.4 is 0 Å². The maximum Gasteiger partial charge on any atom is 0.127 e. The number of hydrogen-bond acceptors (Lipinski definition) is 4. The van der Waals surface area contributed by atoms with E-state index in [1.54, 1.807) is 12.3 Å². The van der Waals surface area contributed by atoms with E-state index in [1.165, 1.54) is 45.2 Å². The number of aryl methyl sites for hydroxylation is 3. The Morgan fingerprint density at radius 3 is 1.93 bits per heavy atom. The Morgan fingerprint density at radius 2 is 1.50 bits per heavy atom. The number of allylic oxidation sites excluding steroid dienone is 1. The van der Waals surface area contributed by atoms with Gasteiger partial charge in [0, 0.05) is 18.2 Å². The summed E-state index contributed by atoms with van der Waals surface area (Å²) in [5, 5.41) is 0.